The van der Waals surface area contributed by atoms with Crippen molar-refractivity contribution in [3.8, 4) is 0 Å². The average Bonchev–Trinajstić information content (AvgIpc) is 2.68. The van der Waals surface area contributed by atoms with Crippen molar-refractivity contribution in [2.75, 3.05) is 13.6 Å². The van der Waals surface area contributed by atoms with Crippen LogP contribution in [-0.2, 0) is 16.0 Å². The molecule has 0 spiro atoms. The van der Waals surface area contributed by atoms with Crippen LogP contribution < -0.4 is 5.32 Å². The summed E-state index contributed by atoms with van der Waals surface area (Å²) >= 11 is 0. The van der Waals surface area contributed by atoms with Crippen LogP contribution in [0.5, 0.6) is 0 Å². The van der Waals surface area contributed by atoms with Gasteiger partial charge in [0.2, 0.25) is 5.91 Å². The summed E-state index contributed by atoms with van der Waals surface area (Å²) in [4.78, 5) is 26.2. The summed E-state index contributed by atoms with van der Waals surface area (Å²) < 4.78 is 0. The fourth-order valence-electron chi connectivity index (χ4n) is 4.01. The first kappa shape index (κ1) is 19.4. The van der Waals surface area contributed by atoms with Crippen LogP contribution in [0.25, 0.3) is 10.8 Å². The molecule has 2 aromatic carbocycles. The van der Waals surface area contributed by atoms with Crippen molar-refractivity contribution in [1.82, 2.24) is 10.2 Å². The molecule has 1 aliphatic rings. The molecule has 0 heterocycles. The van der Waals surface area contributed by atoms with Gasteiger partial charge in [-0.1, -0.05) is 61.7 Å². The molecule has 2 aromatic rings. The predicted octanol–water partition coefficient (Wildman–Crippen LogP) is 3.22. The molecule has 5 nitrogen and oxygen atoms in total. The summed E-state index contributed by atoms with van der Waals surface area (Å²) in [5.41, 5.74) is 0.932. The Morgan fingerprint density at radius 2 is 1.81 bits per heavy atom. The number of nitrogens with zero attached hydrogens (tertiary/aromatic N) is 1. The monoisotopic (exact) mass is 368 g/mol. The molecule has 1 fully saturated rings. The van der Waals surface area contributed by atoms with E-state index in [4.69, 9.17) is 0 Å². The largest absolute Gasteiger partial charge is 0.480 e. The van der Waals surface area contributed by atoms with Crippen molar-refractivity contribution in [3.05, 3.63) is 48.0 Å². The molecule has 0 bridgehead atoms. The van der Waals surface area contributed by atoms with Crippen LogP contribution in [0.1, 0.15) is 37.7 Å². The van der Waals surface area contributed by atoms with Crippen LogP contribution in [0.3, 0.4) is 0 Å². The van der Waals surface area contributed by atoms with Gasteiger partial charge >= 0.3 is 5.97 Å². The van der Waals surface area contributed by atoms with Gasteiger partial charge in [0.1, 0.15) is 6.04 Å². The van der Waals surface area contributed by atoms with E-state index in [1.165, 1.54) is 19.3 Å². The van der Waals surface area contributed by atoms with Crippen molar-refractivity contribution >= 4 is 22.6 Å². The first-order chi connectivity index (χ1) is 13.0. The van der Waals surface area contributed by atoms with Crippen LogP contribution in [-0.4, -0.2) is 47.6 Å². The SMILES string of the molecule is CN(CC(=O)N[C@@H](Cc1cccc2ccccc12)C(=O)O)C1CCCCC1. The molecule has 144 valence electrons. The predicted molar refractivity (Wildman–Crippen MR) is 107 cm³/mol. The highest BCUT2D eigenvalue weighted by Crippen LogP contribution is 2.22. The van der Waals surface area contributed by atoms with Crippen LogP contribution in [0.15, 0.2) is 42.5 Å². The Labute approximate surface area is 160 Å². The molecule has 2 N–H and O–H groups in total. The number of hydrogen-bond acceptors (Lipinski definition) is 3. The maximum absolute atomic E-state index is 12.4. The van der Waals surface area contributed by atoms with Crippen molar-refractivity contribution in [3.63, 3.8) is 0 Å². The van der Waals surface area contributed by atoms with E-state index in [1.54, 1.807) is 0 Å². The molecule has 0 radical (unpaired) electrons. The fourth-order valence-corrected chi connectivity index (χ4v) is 4.01. The second-order valence-corrected chi connectivity index (χ2v) is 7.51. The lowest BCUT2D eigenvalue weighted by molar-refractivity contribution is -0.142. The molecule has 1 aliphatic carbocycles. The number of amides is 1. The highest BCUT2D eigenvalue weighted by Gasteiger charge is 2.24. The van der Waals surface area contributed by atoms with Crippen LogP contribution in [0.4, 0.5) is 0 Å². The normalized spacial score (nSPS) is 16.4. The number of hydrogen-bond donors (Lipinski definition) is 2. The van der Waals surface area contributed by atoms with E-state index in [9.17, 15) is 14.7 Å². The quantitative estimate of drug-likeness (QED) is 0.787. The number of carbonyl (C=O) groups excluding carboxylic acids is 1. The summed E-state index contributed by atoms with van der Waals surface area (Å²) in [6, 6.07) is 13.3. The number of fused-ring (bicyclic) bond motifs is 1. The number of nitrogens with one attached hydrogen (secondary N) is 1. The zero-order chi connectivity index (χ0) is 19.2. The topological polar surface area (TPSA) is 69.6 Å². The van der Waals surface area contributed by atoms with E-state index < -0.39 is 12.0 Å². The average molecular weight is 368 g/mol. The number of aliphatic carboxylic acids is 1. The molecule has 1 amide bonds. The van der Waals surface area contributed by atoms with Gasteiger partial charge in [-0.2, -0.15) is 0 Å². The van der Waals surface area contributed by atoms with E-state index in [2.05, 4.69) is 10.2 Å². The van der Waals surface area contributed by atoms with Gasteiger partial charge in [0.15, 0.2) is 0 Å². The molecule has 0 unspecified atom stereocenters. The Morgan fingerprint density at radius 1 is 1.11 bits per heavy atom. The van der Waals surface area contributed by atoms with E-state index in [0.29, 0.717) is 6.04 Å². The Morgan fingerprint density at radius 3 is 2.56 bits per heavy atom. The highest BCUT2D eigenvalue weighted by molar-refractivity contribution is 5.88. The summed E-state index contributed by atoms with van der Waals surface area (Å²) in [7, 11) is 1.95. The Kier molecular flexibility index (Phi) is 6.45. The zero-order valence-corrected chi connectivity index (χ0v) is 15.9. The first-order valence-corrected chi connectivity index (χ1v) is 9.73. The third-order valence-corrected chi connectivity index (χ3v) is 5.53. The van der Waals surface area contributed by atoms with E-state index in [1.807, 2.05) is 49.5 Å². The lowest BCUT2D eigenvalue weighted by atomic mass is 9.94. The Balaban J connectivity index is 1.65. The van der Waals surface area contributed by atoms with Gasteiger partial charge in [-0.25, -0.2) is 4.79 Å². The van der Waals surface area contributed by atoms with Crippen molar-refractivity contribution in [2.45, 2.75) is 50.6 Å². The lowest BCUT2D eigenvalue weighted by Crippen LogP contribution is -2.48. The maximum Gasteiger partial charge on any atom is 0.326 e. The number of carboxylic acid groups (broad SMARTS) is 1. The van der Waals surface area contributed by atoms with Crippen molar-refractivity contribution in [2.24, 2.45) is 0 Å². The number of likely N-dealkylation sites (N-methyl/N-ethyl adjacent to an activating group) is 1. The lowest BCUT2D eigenvalue weighted by Gasteiger charge is -2.31. The van der Waals surface area contributed by atoms with Gasteiger partial charge in [0.05, 0.1) is 6.54 Å². The van der Waals surface area contributed by atoms with Gasteiger partial charge in [-0.05, 0) is 36.2 Å². The molecule has 1 saturated carbocycles. The molecule has 5 heteroatoms. The molecule has 0 aromatic heterocycles. The minimum absolute atomic E-state index is 0.226. The van der Waals surface area contributed by atoms with Crippen LogP contribution in [0.2, 0.25) is 0 Å². The third-order valence-electron chi connectivity index (χ3n) is 5.53. The third kappa shape index (κ3) is 5.07. The van der Waals surface area contributed by atoms with E-state index in [-0.39, 0.29) is 18.9 Å². The van der Waals surface area contributed by atoms with Crippen molar-refractivity contribution in [1.29, 1.82) is 0 Å². The summed E-state index contributed by atoms with van der Waals surface area (Å²) in [5.74, 6) is -1.23. The summed E-state index contributed by atoms with van der Waals surface area (Å²) in [5, 5.41) is 14.4. The number of benzene rings is 2. The number of carbonyl (C=O) groups is 2. The van der Waals surface area contributed by atoms with Gasteiger partial charge in [-0.15, -0.1) is 0 Å². The Bertz CT molecular complexity index is 794. The standard InChI is InChI=1S/C22H28N2O3/c1-24(18-11-3-2-4-12-18)15-21(25)23-20(22(26)27)14-17-10-7-9-16-8-5-6-13-19(16)17/h5-10,13,18,20H,2-4,11-12,14-15H2,1H3,(H,23,25)(H,26,27)/t20-/m0/s1. The second-order valence-electron chi connectivity index (χ2n) is 7.51. The minimum atomic E-state index is -1.00. The molecule has 0 aliphatic heterocycles. The van der Waals surface area contributed by atoms with Gasteiger partial charge in [0.25, 0.3) is 0 Å². The number of carboxylic acids is 1. The number of rotatable bonds is 7. The van der Waals surface area contributed by atoms with Crippen molar-refractivity contribution < 1.29 is 14.7 Å². The first-order valence-electron chi connectivity index (χ1n) is 9.73. The van der Waals surface area contributed by atoms with Gasteiger partial charge in [-0.3, -0.25) is 9.69 Å². The zero-order valence-electron chi connectivity index (χ0n) is 15.9. The highest BCUT2D eigenvalue weighted by atomic mass is 16.4. The smallest absolute Gasteiger partial charge is 0.326 e. The molecular weight excluding hydrogens is 340 g/mol. The van der Waals surface area contributed by atoms with Crippen LogP contribution >= 0.6 is 0 Å². The molecule has 27 heavy (non-hydrogen) atoms. The molecule has 3 rings (SSSR count). The molecule has 1 atom stereocenters. The molecular formula is C22H28N2O3. The Hall–Kier alpha value is -2.40. The summed E-state index contributed by atoms with van der Waals surface area (Å²) in [6.07, 6.45) is 6.17. The van der Waals surface area contributed by atoms with Gasteiger partial charge in [0, 0.05) is 12.5 Å². The second kappa shape index (κ2) is 9.00. The maximum atomic E-state index is 12.4. The van der Waals surface area contributed by atoms with E-state index >= 15 is 0 Å². The fraction of sp³-hybridized carbons (Fsp3) is 0.455. The van der Waals surface area contributed by atoms with E-state index in [0.717, 1.165) is 29.2 Å². The molecule has 0 saturated heterocycles. The van der Waals surface area contributed by atoms with Gasteiger partial charge < -0.3 is 10.4 Å². The van der Waals surface area contributed by atoms with Crippen LogP contribution in [0, 0.1) is 0 Å². The minimum Gasteiger partial charge on any atom is -0.480 e. The summed E-state index contributed by atoms with van der Waals surface area (Å²) in [6.45, 7) is 0.240.